The van der Waals surface area contributed by atoms with E-state index in [1.165, 1.54) is 0 Å². The minimum Gasteiger partial charge on any atom is -0.449 e. The van der Waals surface area contributed by atoms with Gasteiger partial charge in [-0.1, -0.05) is 13.8 Å². The molecule has 0 unspecified atom stereocenters. The Hall–Kier alpha value is -0.880. The second-order valence-corrected chi connectivity index (χ2v) is 5.05. The molecule has 106 valence electrons. The van der Waals surface area contributed by atoms with Gasteiger partial charge < -0.3 is 14.8 Å². The van der Waals surface area contributed by atoms with Crippen LogP contribution in [-0.4, -0.2) is 37.1 Å². The molecular weight excluding hydrogens is 252 g/mol. The van der Waals surface area contributed by atoms with Gasteiger partial charge in [-0.15, -0.1) is 0 Å². The van der Waals surface area contributed by atoms with Crippen LogP contribution in [0.1, 0.15) is 34.1 Å². The van der Waals surface area contributed by atoms with Gasteiger partial charge in [-0.3, -0.25) is 5.32 Å². The topological polar surface area (TPSA) is 59.6 Å². The highest BCUT2D eigenvalue weighted by Crippen LogP contribution is 1.92. The monoisotopic (exact) mass is 276 g/mol. The Morgan fingerprint density at radius 2 is 1.94 bits per heavy atom. The van der Waals surface area contributed by atoms with E-state index in [1.54, 1.807) is 0 Å². The molecule has 0 aliphatic carbocycles. The number of alkyl carbamates (subject to hydrolysis) is 1. The average molecular weight is 276 g/mol. The summed E-state index contributed by atoms with van der Waals surface area (Å²) in [6, 6.07) is 0. The van der Waals surface area contributed by atoms with Gasteiger partial charge in [0.2, 0.25) is 0 Å². The van der Waals surface area contributed by atoms with Crippen LogP contribution in [-0.2, 0) is 9.47 Å². The van der Waals surface area contributed by atoms with Gasteiger partial charge in [-0.05, 0) is 38.4 Å². The van der Waals surface area contributed by atoms with Gasteiger partial charge >= 0.3 is 6.09 Å². The van der Waals surface area contributed by atoms with Gasteiger partial charge in [0, 0.05) is 13.2 Å². The highest BCUT2D eigenvalue weighted by Gasteiger charge is 2.05. The fourth-order valence-corrected chi connectivity index (χ4v) is 1.19. The highest BCUT2D eigenvalue weighted by molar-refractivity contribution is 7.80. The quantitative estimate of drug-likeness (QED) is 0.550. The zero-order valence-electron chi connectivity index (χ0n) is 11.6. The number of rotatable bonds is 7. The molecule has 5 nitrogen and oxygen atoms in total. The van der Waals surface area contributed by atoms with Crippen molar-refractivity contribution in [1.29, 1.82) is 0 Å². The zero-order valence-corrected chi connectivity index (χ0v) is 12.4. The van der Waals surface area contributed by atoms with E-state index in [2.05, 4.69) is 10.6 Å². The Labute approximate surface area is 115 Å². The summed E-state index contributed by atoms with van der Waals surface area (Å²) in [6.45, 7) is 9.64. The molecule has 0 aromatic carbocycles. The first-order chi connectivity index (χ1) is 8.41. The summed E-state index contributed by atoms with van der Waals surface area (Å²) >= 11 is 4.95. The summed E-state index contributed by atoms with van der Waals surface area (Å²) in [5.41, 5.74) is 0. The van der Waals surface area contributed by atoms with Crippen LogP contribution in [0.5, 0.6) is 0 Å². The molecule has 18 heavy (non-hydrogen) atoms. The first-order valence-electron chi connectivity index (χ1n) is 6.25. The van der Waals surface area contributed by atoms with E-state index in [-0.39, 0.29) is 11.2 Å². The van der Waals surface area contributed by atoms with E-state index < -0.39 is 6.09 Å². The van der Waals surface area contributed by atoms with Gasteiger partial charge in [-0.2, -0.15) is 0 Å². The van der Waals surface area contributed by atoms with Crippen LogP contribution >= 0.6 is 12.2 Å². The molecule has 0 fully saturated rings. The molecule has 0 heterocycles. The van der Waals surface area contributed by atoms with E-state index >= 15 is 0 Å². The maximum absolute atomic E-state index is 11.3. The van der Waals surface area contributed by atoms with Crippen molar-refractivity contribution in [2.45, 2.75) is 40.2 Å². The number of hydrogen-bond acceptors (Lipinski definition) is 4. The number of carbonyl (C=O) groups is 1. The van der Waals surface area contributed by atoms with Crippen molar-refractivity contribution in [1.82, 2.24) is 10.6 Å². The number of hydrogen-bond donors (Lipinski definition) is 2. The number of thiocarbonyl (C=S) groups is 1. The third-order valence-corrected chi connectivity index (χ3v) is 2.07. The van der Waals surface area contributed by atoms with Crippen LogP contribution in [0, 0.1) is 5.92 Å². The Morgan fingerprint density at radius 3 is 2.50 bits per heavy atom. The normalized spacial score (nSPS) is 10.6. The van der Waals surface area contributed by atoms with Crippen molar-refractivity contribution in [2.24, 2.45) is 5.92 Å². The van der Waals surface area contributed by atoms with Gasteiger partial charge in [0.1, 0.15) is 0 Å². The Balaban J connectivity index is 3.50. The van der Waals surface area contributed by atoms with Crippen molar-refractivity contribution in [3.05, 3.63) is 0 Å². The molecule has 0 bridgehead atoms. The smallest absolute Gasteiger partial charge is 0.413 e. The molecule has 0 atom stereocenters. The van der Waals surface area contributed by atoms with Crippen molar-refractivity contribution in [3.8, 4) is 0 Å². The second kappa shape index (κ2) is 10.1. The molecule has 0 saturated carbocycles. The van der Waals surface area contributed by atoms with E-state index in [4.69, 9.17) is 21.7 Å². The lowest BCUT2D eigenvalue weighted by Crippen LogP contribution is -2.40. The first kappa shape index (κ1) is 17.1. The van der Waals surface area contributed by atoms with E-state index in [0.29, 0.717) is 25.7 Å². The predicted molar refractivity (Wildman–Crippen MR) is 75.6 cm³/mol. The summed E-state index contributed by atoms with van der Waals surface area (Å²) in [4.78, 5) is 11.3. The third kappa shape index (κ3) is 11.6. The number of nitrogens with one attached hydrogen (secondary N) is 2. The lowest BCUT2D eigenvalue weighted by molar-refractivity contribution is 0.0777. The lowest BCUT2D eigenvalue weighted by atomic mass is 10.2. The number of amides is 1. The standard InChI is InChI=1S/C12H24N2O3S/c1-9(2)8-17-12(15)14-11(18)13-6-5-7-16-10(3)4/h9-10H,5-8H2,1-4H3,(H2,13,14,15,18). The van der Waals surface area contributed by atoms with Crippen molar-refractivity contribution >= 4 is 23.4 Å². The lowest BCUT2D eigenvalue weighted by Gasteiger charge is -2.11. The summed E-state index contributed by atoms with van der Waals surface area (Å²) < 4.78 is 10.3. The van der Waals surface area contributed by atoms with Crippen molar-refractivity contribution in [2.75, 3.05) is 19.8 Å². The van der Waals surface area contributed by atoms with Crippen LogP contribution in [0.15, 0.2) is 0 Å². The SMILES string of the molecule is CC(C)COC(=O)NC(=S)NCCCOC(C)C. The molecule has 0 rings (SSSR count). The highest BCUT2D eigenvalue weighted by atomic mass is 32.1. The predicted octanol–water partition coefficient (Wildman–Crippen LogP) is 2.06. The Kier molecular flexibility index (Phi) is 9.59. The summed E-state index contributed by atoms with van der Waals surface area (Å²) in [5.74, 6) is 0.311. The van der Waals surface area contributed by atoms with Crippen LogP contribution < -0.4 is 10.6 Å². The first-order valence-corrected chi connectivity index (χ1v) is 6.65. The van der Waals surface area contributed by atoms with E-state index in [1.807, 2.05) is 27.7 Å². The summed E-state index contributed by atoms with van der Waals surface area (Å²) in [7, 11) is 0. The molecule has 0 aromatic rings. The fourth-order valence-electron chi connectivity index (χ4n) is 1.01. The minimum atomic E-state index is -0.514. The maximum Gasteiger partial charge on any atom is 0.413 e. The molecule has 0 saturated heterocycles. The average Bonchev–Trinajstić information content (AvgIpc) is 2.25. The van der Waals surface area contributed by atoms with Crippen LogP contribution in [0.3, 0.4) is 0 Å². The van der Waals surface area contributed by atoms with Crippen LogP contribution in [0.4, 0.5) is 4.79 Å². The van der Waals surface area contributed by atoms with Crippen molar-refractivity contribution in [3.63, 3.8) is 0 Å². The molecule has 0 radical (unpaired) electrons. The molecule has 1 amide bonds. The van der Waals surface area contributed by atoms with Crippen LogP contribution in [0.25, 0.3) is 0 Å². The molecule has 0 aliphatic rings. The number of ether oxygens (including phenoxy) is 2. The molecule has 0 spiro atoms. The number of carbonyl (C=O) groups excluding carboxylic acids is 1. The van der Waals surface area contributed by atoms with Gasteiger partial charge in [0.15, 0.2) is 5.11 Å². The largest absolute Gasteiger partial charge is 0.449 e. The van der Waals surface area contributed by atoms with Gasteiger partial charge in [-0.25, -0.2) is 4.79 Å². The minimum absolute atomic E-state index is 0.237. The second-order valence-electron chi connectivity index (χ2n) is 4.65. The maximum atomic E-state index is 11.3. The summed E-state index contributed by atoms with van der Waals surface area (Å²) in [5, 5.41) is 5.65. The van der Waals surface area contributed by atoms with Gasteiger partial charge in [0.25, 0.3) is 0 Å². The van der Waals surface area contributed by atoms with Crippen molar-refractivity contribution < 1.29 is 14.3 Å². The molecular formula is C12H24N2O3S. The fraction of sp³-hybridized carbons (Fsp3) is 0.833. The molecule has 0 aromatic heterocycles. The van der Waals surface area contributed by atoms with E-state index in [9.17, 15) is 4.79 Å². The Bertz CT molecular complexity index is 258. The summed E-state index contributed by atoms with van der Waals surface area (Å²) in [6.07, 6.45) is 0.557. The van der Waals surface area contributed by atoms with Gasteiger partial charge in [0.05, 0.1) is 12.7 Å². The zero-order chi connectivity index (χ0) is 14.0. The third-order valence-electron chi connectivity index (χ3n) is 1.82. The van der Waals surface area contributed by atoms with Crippen LogP contribution in [0.2, 0.25) is 0 Å². The molecule has 2 N–H and O–H groups in total. The Morgan fingerprint density at radius 1 is 1.28 bits per heavy atom. The van der Waals surface area contributed by atoms with E-state index in [0.717, 1.165) is 6.42 Å². The molecule has 0 aliphatic heterocycles. The molecule has 6 heteroatoms.